The molecule has 5 unspecified atom stereocenters. The molecule has 5 atom stereocenters. The summed E-state index contributed by atoms with van der Waals surface area (Å²) in [4.78, 5) is 0. The van der Waals surface area contributed by atoms with Gasteiger partial charge in [-0.1, -0.05) is 57.1 Å². The summed E-state index contributed by atoms with van der Waals surface area (Å²) in [6.07, 6.45) is 9.99. The molecule has 3 aliphatic carbocycles. The molecule has 2 heteroatoms. The second-order valence-corrected chi connectivity index (χ2v) is 7.62. The summed E-state index contributed by atoms with van der Waals surface area (Å²) in [7, 11) is 13.1. The zero-order chi connectivity index (χ0) is 12.9. The van der Waals surface area contributed by atoms with Crippen LogP contribution in [0, 0.1) is 35.5 Å². The summed E-state index contributed by atoms with van der Waals surface area (Å²) in [5, 5.41) is -0.441. The molecule has 0 bridgehead atoms. The molecular formula is C16H26B2. The van der Waals surface area contributed by atoms with E-state index in [1.807, 2.05) is 0 Å². The van der Waals surface area contributed by atoms with Gasteiger partial charge in [-0.15, -0.1) is 0 Å². The van der Waals surface area contributed by atoms with E-state index in [1.54, 1.807) is 0 Å². The fourth-order valence-corrected chi connectivity index (χ4v) is 5.50. The molecule has 0 saturated heterocycles. The minimum Gasteiger partial charge on any atom is -0.0938 e. The first kappa shape index (κ1) is 13.1. The van der Waals surface area contributed by atoms with Crippen molar-refractivity contribution in [1.82, 2.24) is 0 Å². The van der Waals surface area contributed by atoms with Crippen molar-refractivity contribution in [1.29, 1.82) is 0 Å². The van der Waals surface area contributed by atoms with Crippen LogP contribution in [0.3, 0.4) is 0 Å². The maximum atomic E-state index is 6.53. The monoisotopic (exact) mass is 240 g/mol. The molecular weight excluding hydrogens is 214 g/mol. The Balaban J connectivity index is 1.86. The van der Waals surface area contributed by atoms with Crippen LogP contribution in [0.2, 0.25) is 5.21 Å². The minimum atomic E-state index is -0.441. The third kappa shape index (κ3) is 1.90. The molecule has 3 aliphatic rings. The van der Waals surface area contributed by atoms with Gasteiger partial charge in [0.05, 0.1) is 15.7 Å². The van der Waals surface area contributed by atoms with Crippen LogP contribution in [-0.2, 0) is 0 Å². The molecule has 0 aromatic carbocycles. The summed E-state index contributed by atoms with van der Waals surface area (Å²) in [6.45, 7) is 4.39. The topological polar surface area (TPSA) is 0 Å². The smallest absolute Gasteiger partial charge is 0.0627 e. The van der Waals surface area contributed by atoms with Gasteiger partial charge in [0, 0.05) is 0 Å². The molecule has 18 heavy (non-hydrogen) atoms. The van der Waals surface area contributed by atoms with Crippen molar-refractivity contribution in [2.75, 3.05) is 0 Å². The van der Waals surface area contributed by atoms with Gasteiger partial charge < -0.3 is 0 Å². The van der Waals surface area contributed by atoms with E-state index in [9.17, 15) is 0 Å². The van der Waals surface area contributed by atoms with Crippen molar-refractivity contribution < 1.29 is 0 Å². The molecule has 0 aromatic heterocycles. The Morgan fingerprint density at radius 2 is 1.56 bits per heavy atom. The highest BCUT2D eigenvalue weighted by Gasteiger charge is 2.53. The van der Waals surface area contributed by atoms with Crippen LogP contribution < -0.4 is 0 Å². The molecule has 0 aromatic rings. The SMILES string of the molecule is [B]C([B])(C(C)C)C1CC2CCCC3CCCC1C32. The van der Waals surface area contributed by atoms with Gasteiger partial charge in [-0.25, -0.2) is 0 Å². The van der Waals surface area contributed by atoms with E-state index < -0.39 is 5.21 Å². The first-order valence-corrected chi connectivity index (χ1v) is 8.09. The fourth-order valence-electron chi connectivity index (χ4n) is 5.50. The largest absolute Gasteiger partial charge is 0.0938 e. The zero-order valence-electron chi connectivity index (χ0n) is 12.1. The summed E-state index contributed by atoms with van der Waals surface area (Å²) in [5.41, 5.74) is 0. The Hall–Kier alpha value is 0.130. The van der Waals surface area contributed by atoms with Gasteiger partial charge in [-0.3, -0.25) is 0 Å². The lowest BCUT2D eigenvalue weighted by Gasteiger charge is -2.45. The van der Waals surface area contributed by atoms with Crippen LogP contribution >= 0.6 is 0 Å². The Morgan fingerprint density at radius 1 is 0.944 bits per heavy atom. The van der Waals surface area contributed by atoms with Crippen LogP contribution in [0.5, 0.6) is 0 Å². The first-order valence-electron chi connectivity index (χ1n) is 8.09. The molecule has 4 radical (unpaired) electrons. The van der Waals surface area contributed by atoms with Gasteiger partial charge in [0.2, 0.25) is 0 Å². The first-order chi connectivity index (χ1) is 8.51. The summed E-state index contributed by atoms with van der Waals surface area (Å²) in [6, 6.07) is 0. The van der Waals surface area contributed by atoms with E-state index in [-0.39, 0.29) is 0 Å². The molecule has 0 amide bonds. The van der Waals surface area contributed by atoms with Gasteiger partial charge in [-0.2, -0.15) is 0 Å². The Morgan fingerprint density at radius 3 is 2.22 bits per heavy atom. The van der Waals surface area contributed by atoms with E-state index in [2.05, 4.69) is 13.8 Å². The number of rotatable bonds is 2. The van der Waals surface area contributed by atoms with E-state index in [4.69, 9.17) is 15.7 Å². The van der Waals surface area contributed by atoms with Crippen molar-refractivity contribution in [2.45, 2.75) is 64.0 Å². The van der Waals surface area contributed by atoms with Crippen LogP contribution in [0.15, 0.2) is 0 Å². The quantitative estimate of drug-likeness (QED) is 0.641. The van der Waals surface area contributed by atoms with Crippen LogP contribution in [0.1, 0.15) is 58.8 Å². The Bertz CT molecular complexity index is 308. The maximum Gasteiger partial charge on any atom is 0.0627 e. The highest BCUT2D eigenvalue weighted by atomic mass is 14.6. The van der Waals surface area contributed by atoms with Crippen molar-refractivity contribution in [3.8, 4) is 0 Å². The minimum absolute atomic E-state index is 0.392. The molecule has 0 heterocycles. The van der Waals surface area contributed by atoms with E-state index in [0.29, 0.717) is 11.8 Å². The fraction of sp³-hybridized carbons (Fsp3) is 1.00. The highest BCUT2D eigenvalue weighted by molar-refractivity contribution is 6.40. The standard InChI is InChI=1S/C16H26B2/c1-10(2)16(17,18)14-9-12-7-3-5-11-6-4-8-13(14)15(11)12/h10-15H,3-9H2,1-2H3. The van der Waals surface area contributed by atoms with Gasteiger partial charge in [-0.05, 0) is 42.4 Å². The molecule has 0 aliphatic heterocycles. The van der Waals surface area contributed by atoms with Gasteiger partial charge >= 0.3 is 0 Å². The average molecular weight is 240 g/mol. The van der Waals surface area contributed by atoms with E-state index in [0.717, 1.165) is 23.7 Å². The third-order valence-corrected chi connectivity index (χ3v) is 6.56. The second-order valence-electron chi connectivity index (χ2n) is 7.62. The molecule has 96 valence electrons. The molecule has 3 rings (SSSR count). The van der Waals surface area contributed by atoms with Gasteiger partial charge in [0.25, 0.3) is 0 Å². The maximum absolute atomic E-state index is 6.53. The van der Waals surface area contributed by atoms with E-state index in [1.165, 1.54) is 44.9 Å². The lowest BCUT2D eigenvalue weighted by atomic mass is 9.41. The van der Waals surface area contributed by atoms with Crippen molar-refractivity contribution >= 4 is 15.7 Å². The number of hydrogen-bond donors (Lipinski definition) is 0. The predicted octanol–water partition coefficient (Wildman–Crippen LogP) is 3.95. The lowest BCUT2D eigenvalue weighted by Crippen LogP contribution is -2.37. The average Bonchev–Trinajstić information content (AvgIpc) is 2.72. The molecule has 0 spiro atoms. The van der Waals surface area contributed by atoms with Crippen LogP contribution in [0.4, 0.5) is 0 Å². The second kappa shape index (κ2) is 4.60. The Kier molecular flexibility index (Phi) is 3.35. The lowest BCUT2D eigenvalue weighted by molar-refractivity contribution is 0.0808. The van der Waals surface area contributed by atoms with Crippen LogP contribution in [0.25, 0.3) is 0 Å². The molecule has 3 fully saturated rings. The molecule has 0 nitrogen and oxygen atoms in total. The normalized spacial score (nSPS) is 44.1. The van der Waals surface area contributed by atoms with E-state index >= 15 is 0 Å². The summed E-state index contributed by atoms with van der Waals surface area (Å²) >= 11 is 0. The molecule has 0 N–H and O–H groups in total. The number of hydrogen-bond acceptors (Lipinski definition) is 0. The Labute approximate surface area is 115 Å². The summed E-state index contributed by atoms with van der Waals surface area (Å²) in [5.74, 6) is 4.74. The molecule has 3 saturated carbocycles. The summed E-state index contributed by atoms with van der Waals surface area (Å²) < 4.78 is 0. The van der Waals surface area contributed by atoms with Gasteiger partial charge in [0.1, 0.15) is 0 Å². The van der Waals surface area contributed by atoms with Crippen molar-refractivity contribution in [3.63, 3.8) is 0 Å². The third-order valence-electron chi connectivity index (χ3n) is 6.56. The predicted molar refractivity (Wildman–Crippen MR) is 78.8 cm³/mol. The van der Waals surface area contributed by atoms with Crippen LogP contribution in [-0.4, -0.2) is 15.7 Å². The zero-order valence-corrected chi connectivity index (χ0v) is 12.1. The van der Waals surface area contributed by atoms with Crippen molar-refractivity contribution in [3.05, 3.63) is 0 Å². The van der Waals surface area contributed by atoms with Gasteiger partial charge in [0.15, 0.2) is 0 Å². The highest BCUT2D eigenvalue weighted by Crippen LogP contribution is 2.62. The van der Waals surface area contributed by atoms with Crippen molar-refractivity contribution in [2.24, 2.45) is 35.5 Å².